The third-order valence-corrected chi connectivity index (χ3v) is 5.41. The van der Waals surface area contributed by atoms with Gasteiger partial charge in [0.15, 0.2) is 0 Å². The summed E-state index contributed by atoms with van der Waals surface area (Å²) in [4.78, 5) is 4.13. The summed E-state index contributed by atoms with van der Waals surface area (Å²) in [5.74, 6) is 0. The van der Waals surface area contributed by atoms with Crippen LogP contribution < -0.4 is 0 Å². The highest BCUT2D eigenvalue weighted by Gasteiger charge is 2.38. The van der Waals surface area contributed by atoms with Gasteiger partial charge in [0.1, 0.15) is 12.7 Å². The second kappa shape index (κ2) is 5.93. The molecule has 1 heterocycles. The molecule has 1 aromatic heterocycles. The Labute approximate surface area is 144 Å². The Kier molecular flexibility index (Phi) is 3.77. The normalized spacial score (nSPS) is 20.2. The van der Waals surface area contributed by atoms with Gasteiger partial charge in [-0.05, 0) is 48.1 Å². The first kappa shape index (κ1) is 14.6. The molecule has 23 heavy (non-hydrogen) atoms. The van der Waals surface area contributed by atoms with E-state index in [0.29, 0.717) is 0 Å². The van der Waals surface area contributed by atoms with Gasteiger partial charge in [-0.25, -0.2) is 4.98 Å². The average Bonchev–Trinajstić information content (AvgIpc) is 3.09. The Morgan fingerprint density at radius 2 is 1.91 bits per heavy atom. The van der Waals surface area contributed by atoms with Gasteiger partial charge in [-0.3, -0.25) is 4.68 Å². The van der Waals surface area contributed by atoms with Gasteiger partial charge in [-0.1, -0.05) is 52.3 Å². The van der Waals surface area contributed by atoms with Crippen LogP contribution in [-0.4, -0.2) is 14.8 Å². The Hall–Kier alpha value is -1.94. The topological polar surface area (TPSA) is 30.7 Å². The summed E-state index contributed by atoms with van der Waals surface area (Å²) in [6.07, 6.45) is 6.92. The fourth-order valence-corrected chi connectivity index (χ4v) is 4.10. The zero-order valence-electron chi connectivity index (χ0n) is 12.8. The molecule has 4 rings (SSSR count). The molecule has 0 saturated carbocycles. The van der Waals surface area contributed by atoms with Gasteiger partial charge in [-0.15, -0.1) is 0 Å². The molecule has 1 aliphatic rings. The number of benzene rings is 2. The highest BCUT2D eigenvalue weighted by Crippen LogP contribution is 2.44. The van der Waals surface area contributed by atoms with Crippen molar-refractivity contribution in [2.24, 2.45) is 0 Å². The Morgan fingerprint density at radius 1 is 1.09 bits per heavy atom. The van der Waals surface area contributed by atoms with Crippen molar-refractivity contribution in [3.8, 4) is 0 Å². The second-order valence-electron chi connectivity index (χ2n) is 6.19. The molecule has 3 nitrogen and oxygen atoms in total. The van der Waals surface area contributed by atoms with E-state index in [1.54, 1.807) is 6.33 Å². The van der Waals surface area contributed by atoms with Crippen molar-refractivity contribution in [2.75, 3.05) is 0 Å². The summed E-state index contributed by atoms with van der Waals surface area (Å²) in [5, 5.41) is 4.37. The van der Waals surface area contributed by atoms with Gasteiger partial charge < -0.3 is 0 Å². The van der Waals surface area contributed by atoms with Crippen molar-refractivity contribution in [2.45, 2.75) is 31.2 Å². The molecule has 4 heteroatoms. The second-order valence-corrected chi connectivity index (χ2v) is 7.11. The van der Waals surface area contributed by atoms with Crippen molar-refractivity contribution in [1.82, 2.24) is 14.8 Å². The number of fused-ring (bicyclic) bond motifs is 1. The summed E-state index contributed by atoms with van der Waals surface area (Å²) >= 11 is 3.55. The maximum atomic E-state index is 4.37. The molecular weight excluding hydrogens is 350 g/mol. The predicted molar refractivity (Wildman–Crippen MR) is 94.3 cm³/mol. The van der Waals surface area contributed by atoms with E-state index in [0.717, 1.165) is 23.9 Å². The first-order chi connectivity index (χ1) is 11.3. The van der Waals surface area contributed by atoms with E-state index >= 15 is 0 Å². The summed E-state index contributed by atoms with van der Waals surface area (Å²) in [6.45, 7) is 0.825. The Morgan fingerprint density at radius 3 is 2.70 bits per heavy atom. The van der Waals surface area contributed by atoms with Crippen LogP contribution in [-0.2, 0) is 18.4 Å². The van der Waals surface area contributed by atoms with E-state index < -0.39 is 0 Å². The quantitative estimate of drug-likeness (QED) is 0.688. The molecule has 3 aromatic rings. The lowest BCUT2D eigenvalue weighted by atomic mass is 9.66. The van der Waals surface area contributed by atoms with Crippen molar-refractivity contribution < 1.29 is 0 Å². The van der Waals surface area contributed by atoms with Crippen LogP contribution in [0.15, 0.2) is 65.7 Å². The summed E-state index contributed by atoms with van der Waals surface area (Å²) in [5.41, 5.74) is 4.21. The molecule has 0 saturated heterocycles. The first-order valence-electron chi connectivity index (χ1n) is 7.95. The summed E-state index contributed by atoms with van der Waals surface area (Å²) in [7, 11) is 0. The highest BCUT2D eigenvalue weighted by molar-refractivity contribution is 9.10. The molecule has 0 fully saturated rings. The minimum Gasteiger partial charge on any atom is -0.252 e. The third kappa shape index (κ3) is 2.61. The van der Waals surface area contributed by atoms with Gasteiger partial charge in [-0.2, -0.15) is 5.10 Å². The standard InChI is InChI=1S/C19H18BrN3/c20-17-9-7-16(8-10-17)19(12-23-14-21-13-22-23)11-3-5-15-4-1-2-6-18(15)19/h1-2,4,6-10,13-14H,3,5,11-12H2. The van der Waals surface area contributed by atoms with E-state index in [9.17, 15) is 0 Å². The predicted octanol–water partition coefficient (Wildman–Crippen LogP) is 4.36. The molecule has 2 aromatic carbocycles. The maximum Gasteiger partial charge on any atom is 0.137 e. The lowest BCUT2D eigenvalue weighted by Crippen LogP contribution is -2.37. The van der Waals surface area contributed by atoms with Gasteiger partial charge >= 0.3 is 0 Å². The summed E-state index contributed by atoms with van der Waals surface area (Å²) < 4.78 is 3.07. The van der Waals surface area contributed by atoms with Crippen molar-refractivity contribution in [1.29, 1.82) is 0 Å². The highest BCUT2D eigenvalue weighted by atomic mass is 79.9. The minimum absolute atomic E-state index is 0.0384. The van der Waals surface area contributed by atoms with Crippen molar-refractivity contribution in [3.63, 3.8) is 0 Å². The molecule has 0 spiro atoms. The van der Waals surface area contributed by atoms with Crippen LogP contribution in [0.4, 0.5) is 0 Å². The zero-order valence-corrected chi connectivity index (χ0v) is 14.4. The monoisotopic (exact) mass is 367 g/mol. The van der Waals surface area contributed by atoms with Crippen LogP contribution in [0.2, 0.25) is 0 Å². The fraction of sp³-hybridized carbons (Fsp3) is 0.263. The number of aryl methyl sites for hydroxylation is 1. The number of hydrogen-bond acceptors (Lipinski definition) is 2. The largest absolute Gasteiger partial charge is 0.252 e. The molecule has 1 aliphatic carbocycles. The summed E-state index contributed by atoms with van der Waals surface area (Å²) in [6, 6.07) is 17.6. The average molecular weight is 368 g/mol. The number of aromatic nitrogens is 3. The minimum atomic E-state index is -0.0384. The number of nitrogens with zero attached hydrogens (tertiary/aromatic N) is 3. The van der Waals surface area contributed by atoms with Crippen LogP contribution in [0.5, 0.6) is 0 Å². The van der Waals surface area contributed by atoms with E-state index in [-0.39, 0.29) is 5.41 Å². The Bertz CT molecular complexity index is 796. The van der Waals surface area contributed by atoms with Gasteiger partial charge in [0.05, 0.1) is 6.54 Å². The SMILES string of the molecule is Brc1ccc(C2(Cn3cncn3)CCCc3ccccc32)cc1. The maximum absolute atomic E-state index is 4.37. The first-order valence-corrected chi connectivity index (χ1v) is 8.74. The lowest BCUT2D eigenvalue weighted by molar-refractivity contribution is 0.352. The third-order valence-electron chi connectivity index (χ3n) is 4.88. The van der Waals surface area contributed by atoms with Crippen LogP contribution in [0.1, 0.15) is 29.5 Å². The molecule has 1 atom stereocenters. The molecule has 0 N–H and O–H groups in total. The number of rotatable bonds is 3. The number of hydrogen-bond donors (Lipinski definition) is 0. The van der Waals surface area contributed by atoms with Crippen LogP contribution in [0, 0.1) is 0 Å². The van der Waals surface area contributed by atoms with Gasteiger partial charge in [0.25, 0.3) is 0 Å². The van der Waals surface area contributed by atoms with Gasteiger partial charge in [0.2, 0.25) is 0 Å². The lowest BCUT2D eigenvalue weighted by Gasteiger charge is -2.39. The molecule has 1 unspecified atom stereocenters. The zero-order chi connectivity index (χ0) is 15.7. The molecule has 0 radical (unpaired) electrons. The van der Waals surface area contributed by atoms with Crippen LogP contribution in [0.3, 0.4) is 0 Å². The van der Waals surface area contributed by atoms with E-state index in [2.05, 4.69) is 74.5 Å². The van der Waals surface area contributed by atoms with Gasteiger partial charge in [0, 0.05) is 9.89 Å². The van der Waals surface area contributed by atoms with Crippen molar-refractivity contribution >= 4 is 15.9 Å². The van der Waals surface area contributed by atoms with E-state index in [1.165, 1.54) is 23.1 Å². The fourth-order valence-electron chi connectivity index (χ4n) is 3.84. The number of halogens is 1. The molecule has 0 amide bonds. The van der Waals surface area contributed by atoms with Crippen LogP contribution in [0.25, 0.3) is 0 Å². The molecular formula is C19H18BrN3. The van der Waals surface area contributed by atoms with Crippen LogP contribution >= 0.6 is 15.9 Å². The molecule has 0 aliphatic heterocycles. The van der Waals surface area contributed by atoms with E-state index in [4.69, 9.17) is 0 Å². The molecule has 116 valence electrons. The van der Waals surface area contributed by atoms with Crippen molar-refractivity contribution in [3.05, 3.63) is 82.3 Å². The molecule has 0 bridgehead atoms. The Balaban J connectivity index is 1.90. The smallest absolute Gasteiger partial charge is 0.137 e. The van der Waals surface area contributed by atoms with E-state index in [1.807, 2.05) is 11.0 Å².